The molecule has 2 atom stereocenters. The Morgan fingerprint density at radius 3 is 2.83 bits per heavy atom. The first-order valence-corrected chi connectivity index (χ1v) is 12.7. The highest BCUT2D eigenvalue weighted by atomic mass is 16.5. The molecule has 1 aromatic carbocycles. The van der Waals surface area contributed by atoms with Crippen molar-refractivity contribution < 1.29 is 4.74 Å². The van der Waals surface area contributed by atoms with Crippen LogP contribution in [0.4, 0.5) is 0 Å². The van der Waals surface area contributed by atoms with E-state index in [2.05, 4.69) is 71.9 Å². The Kier molecular flexibility index (Phi) is 5.46. The zero-order valence-corrected chi connectivity index (χ0v) is 20.3. The third-order valence-electron chi connectivity index (χ3n) is 7.84. The molecule has 4 aliphatic rings. The quantitative estimate of drug-likeness (QED) is 0.343. The van der Waals surface area contributed by atoms with Gasteiger partial charge in [-0.15, -0.1) is 6.58 Å². The van der Waals surface area contributed by atoms with E-state index in [1.165, 1.54) is 44.9 Å². The van der Waals surface area contributed by atoms with Crippen molar-refractivity contribution in [3.8, 4) is 11.8 Å². The van der Waals surface area contributed by atoms with Gasteiger partial charge in [0.05, 0.1) is 11.8 Å². The molecule has 0 saturated heterocycles. The van der Waals surface area contributed by atoms with Gasteiger partial charge in [-0.25, -0.2) is 0 Å². The highest BCUT2D eigenvalue weighted by Gasteiger charge is 2.37. The van der Waals surface area contributed by atoms with E-state index in [1.54, 1.807) is 0 Å². The molecule has 1 aliphatic heterocycles. The van der Waals surface area contributed by atoms with Crippen LogP contribution in [0, 0.1) is 11.3 Å². The minimum Gasteiger partial charge on any atom is -0.489 e. The number of aromatic nitrogens is 1. The molecule has 6 rings (SSSR count). The van der Waals surface area contributed by atoms with Crippen molar-refractivity contribution in [2.75, 3.05) is 0 Å². The van der Waals surface area contributed by atoms with Crippen LogP contribution >= 0.6 is 0 Å². The van der Waals surface area contributed by atoms with E-state index >= 15 is 0 Å². The summed E-state index contributed by atoms with van der Waals surface area (Å²) in [6.07, 6.45) is 21.3. The summed E-state index contributed by atoms with van der Waals surface area (Å²) in [7, 11) is 0. The maximum absolute atomic E-state index is 9.57. The summed E-state index contributed by atoms with van der Waals surface area (Å²) in [5.41, 5.74) is 11.2. The van der Waals surface area contributed by atoms with Crippen LogP contribution in [0.25, 0.3) is 17.8 Å². The van der Waals surface area contributed by atoms with E-state index in [-0.39, 0.29) is 12.0 Å². The molecule has 35 heavy (non-hydrogen) atoms. The number of nitriles is 1. The molecule has 0 saturated carbocycles. The Morgan fingerprint density at radius 2 is 2.00 bits per heavy atom. The Balaban J connectivity index is 1.55. The van der Waals surface area contributed by atoms with Crippen LogP contribution in [0.3, 0.4) is 0 Å². The maximum atomic E-state index is 9.57. The Morgan fingerprint density at radius 1 is 1.17 bits per heavy atom. The lowest BCUT2D eigenvalue weighted by Crippen LogP contribution is -2.19. The summed E-state index contributed by atoms with van der Waals surface area (Å²) in [5, 5.41) is 9.57. The molecule has 0 N–H and O–H groups in total. The number of ether oxygens (including phenoxy) is 1. The first-order valence-electron chi connectivity index (χ1n) is 12.7. The molecule has 1 aromatic heterocycles. The number of rotatable bonds is 5. The van der Waals surface area contributed by atoms with Crippen molar-refractivity contribution in [3.05, 3.63) is 112 Å². The van der Waals surface area contributed by atoms with Crippen molar-refractivity contribution in [1.82, 2.24) is 4.57 Å². The van der Waals surface area contributed by atoms with E-state index in [0.29, 0.717) is 6.42 Å². The lowest BCUT2D eigenvalue weighted by molar-refractivity contribution is 0.158. The van der Waals surface area contributed by atoms with Crippen molar-refractivity contribution in [3.63, 3.8) is 0 Å². The van der Waals surface area contributed by atoms with Crippen LogP contribution in [-0.2, 0) is 17.6 Å². The number of benzene rings is 1. The molecular weight excluding hydrogens is 428 g/mol. The van der Waals surface area contributed by atoms with Crippen molar-refractivity contribution in [1.29, 1.82) is 5.26 Å². The zero-order valence-electron chi connectivity index (χ0n) is 20.3. The van der Waals surface area contributed by atoms with Gasteiger partial charge in [0, 0.05) is 46.9 Å². The fourth-order valence-corrected chi connectivity index (χ4v) is 6.10. The Bertz CT molecular complexity index is 1420. The molecule has 0 spiro atoms. The lowest BCUT2D eigenvalue weighted by Gasteiger charge is -2.23. The predicted octanol–water partition coefficient (Wildman–Crippen LogP) is 7.51. The normalized spacial score (nSPS) is 20.7. The first-order chi connectivity index (χ1) is 17.2. The van der Waals surface area contributed by atoms with E-state index < -0.39 is 0 Å². The van der Waals surface area contributed by atoms with Crippen LogP contribution in [0.5, 0.6) is 0 Å². The molecule has 2 aromatic rings. The number of hydrogen-bond donors (Lipinski definition) is 0. The Labute approximate surface area is 207 Å². The van der Waals surface area contributed by atoms with Gasteiger partial charge in [0.25, 0.3) is 0 Å². The monoisotopic (exact) mass is 458 g/mol. The summed E-state index contributed by atoms with van der Waals surface area (Å²) >= 11 is 0. The number of para-hydroxylation sites is 1. The van der Waals surface area contributed by atoms with Crippen molar-refractivity contribution in [2.45, 2.75) is 57.5 Å². The van der Waals surface area contributed by atoms with E-state index in [4.69, 9.17) is 4.74 Å². The van der Waals surface area contributed by atoms with Gasteiger partial charge in [-0.2, -0.15) is 5.26 Å². The lowest BCUT2D eigenvalue weighted by atomic mass is 9.86. The fourth-order valence-electron chi connectivity index (χ4n) is 6.10. The summed E-state index contributed by atoms with van der Waals surface area (Å²) < 4.78 is 8.92. The summed E-state index contributed by atoms with van der Waals surface area (Å²) in [6.45, 7) is 6.08. The number of nitrogens with zero attached hydrogens (tertiary/aromatic N) is 2. The molecule has 174 valence electrons. The van der Waals surface area contributed by atoms with Crippen LogP contribution in [0.15, 0.2) is 83.7 Å². The summed E-state index contributed by atoms with van der Waals surface area (Å²) in [5.74, 6) is 1.23. The molecule has 2 unspecified atom stereocenters. The van der Waals surface area contributed by atoms with E-state index in [0.717, 1.165) is 43.4 Å². The molecule has 3 heteroatoms. The third-order valence-corrected chi connectivity index (χ3v) is 7.84. The molecular formula is C32H30N2O. The zero-order chi connectivity index (χ0) is 23.9. The molecule has 0 fully saturated rings. The highest BCUT2D eigenvalue weighted by molar-refractivity contribution is 5.75. The SMILES string of the molecule is C=CC(C/C(C#N)=C\C)c1ccccc1-n1c2c(c3c1C=C1C4=C(CCC=C4)OC1C3)CCC=C2. The van der Waals surface area contributed by atoms with Gasteiger partial charge < -0.3 is 9.30 Å². The second-order valence-corrected chi connectivity index (χ2v) is 9.72. The molecule has 0 bridgehead atoms. The topological polar surface area (TPSA) is 38.0 Å². The van der Waals surface area contributed by atoms with E-state index in [1.807, 2.05) is 19.1 Å². The van der Waals surface area contributed by atoms with Gasteiger partial charge in [-0.3, -0.25) is 0 Å². The molecule has 2 heterocycles. The Hall–Kier alpha value is -3.77. The third kappa shape index (κ3) is 3.48. The first kappa shape index (κ1) is 21.7. The number of hydrogen-bond acceptors (Lipinski definition) is 2. The van der Waals surface area contributed by atoms with Crippen LogP contribution in [0.2, 0.25) is 0 Å². The minimum atomic E-state index is 0.0627. The minimum absolute atomic E-state index is 0.0627. The second kappa shape index (κ2) is 8.78. The fraction of sp³-hybridized carbons (Fsp3) is 0.281. The van der Waals surface area contributed by atoms with Crippen molar-refractivity contribution >= 4 is 12.2 Å². The second-order valence-electron chi connectivity index (χ2n) is 9.72. The molecule has 0 amide bonds. The van der Waals surface area contributed by atoms with E-state index in [9.17, 15) is 5.26 Å². The molecule has 0 radical (unpaired) electrons. The van der Waals surface area contributed by atoms with Gasteiger partial charge in [0.15, 0.2) is 0 Å². The van der Waals surface area contributed by atoms with Crippen molar-refractivity contribution in [2.24, 2.45) is 0 Å². The molecule has 3 nitrogen and oxygen atoms in total. The number of allylic oxidation sites excluding steroid dienone is 7. The predicted molar refractivity (Wildman–Crippen MR) is 142 cm³/mol. The largest absolute Gasteiger partial charge is 0.489 e. The van der Waals surface area contributed by atoms with Crippen LogP contribution in [-0.4, -0.2) is 10.7 Å². The smallest absolute Gasteiger partial charge is 0.128 e. The van der Waals surface area contributed by atoms with Gasteiger partial charge in [0.1, 0.15) is 11.9 Å². The summed E-state index contributed by atoms with van der Waals surface area (Å²) in [4.78, 5) is 0. The van der Waals surface area contributed by atoms with Crippen LogP contribution < -0.4 is 0 Å². The van der Waals surface area contributed by atoms with Crippen LogP contribution in [0.1, 0.15) is 66.6 Å². The highest BCUT2D eigenvalue weighted by Crippen LogP contribution is 2.46. The van der Waals surface area contributed by atoms with Gasteiger partial charge in [-0.05, 0) is 67.5 Å². The average Bonchev–Trinajstić information content (AvgIpc) is 3.43. The molecule has 3 aliphatic carbocycles. The average molecular weight is 459 g/mol. The summed E-state index contributed by atoms with van der Waals surface area (Å²) in [6, 6.07) is 11.0. The number of fused-ring (bicyclic) bond motifs is 5. The maximum Gasteiger partial charge on any atom is 0.128 e. The van der Waals surface area contributed by atoms with Gasteiger partial charge in [-0.1, -0.05) is 48.6 Å². The van der Waals surface area contributed by atoms with Gasteiger partial charge >= 0.3 is 0 Å². The standard InChI is InChI=1S/C32H30N2O/c1-3-21(20-33)17-22(4-2)23-11-5-8-14-28(23)34-29-15-9-6-12-24(29)26-19-32-27(18-30(26)34)25-13-7-10-16-31(25)35-32/h3-5,7-9,11,13-15,18,22,32H,2,6,10,12,16-17,19H2,1H3/b21-3+. The van der Waals surface area contributed by atoms with Gasteiger partial charge in [0.2, 0.25) is 0 Å².